The zero-order valence-corrected chi connectivity index (χ0v) is 22.6. The van der Waals surface area contributed by atoms with Crippen LogP contribution in [-0.4, -0.2) is 61.3 Å². The fourth-order valence-corrected chi connectivity index (χ4v) is 4.91. The summed E-state index contributed by atoms with van der Waals surface area (Å²) in [5, 5.41) is 0.885. The molecule has 1 aliphatic heterocycles. The molecule has 9 heteroatoms. The topological polar surface area (TPSA) is 81.8 Å². The van der Waals surface area contributed by atoms with Gasteiger partial charge in [0.05, 0.1) is 24.1 Å². The van der Waals surface area contributed by atoms with E-state index in [-0.39, 0.29) is 6.54 Å². The van der Waals surface area contributed by atoms with Gasteiger partial charge in [-0.1, -0.05) is 24.3 Å². The first kappa shape index (κ1) is 25.7. The van der Waals surface area contributed by atoms with E-state index in [4.69, 9.17) is 14.5 Å². The number of imidazole rings is 1. The van der Waals surface area contributed by atoms with Crippen LogP contribution in [0.3, 0.4) is 0 Å². The third kappa shape index (κ3) is 5.19. The molecule has 1 aliphatic rings. The second kappa shape index (κ2) is 10.2. The number of piperidine rings is 1. The second-order valence-corrected chi connectivity index (χ2v) is 10.9. The molecule has 1 amide bonds. The summed E-state index contributed by atoms with van der Waals surface area (Å²) >= 11 is 0. The van der Waals surface area contributed by atoms with Crippen molar-refractivity contribution in [3.8, 4) is 28.3 Å². The van der Waals surface area contributed by atoms with Crippen molar-refractivity contribution in [2.75, 3.05) is 13.1 Å². The number of aromatic nitrogens is 4. The van der Waals surface area contributed by atoms with E-state index in [1.807, 2.05) is 65.3 Å². The zero-order valence-electron chi connectivity index (χ0n) is 22.6. The third-order valence-electron chi connectivity index (χ3n) is 6.87. The van der Waals surface area contributed by atoms with Crippen molar-refractivity contribution < 1.29 is 18.7 Å². The molecule has 0 N–H and O–H groups in total. The Hall–Kier alpha value is -4.53. The van der Waals surface area contributed by atoms with E-state index in [1.54, 1.807) is 39.2 Å². The molecule has 0 aliphatic carbocycles. The van der Waals surface area contributed by atoms with Crippen molar-refractivity contribution in [2.24, 2.45) is 0 Å². The summed E-state index contributed by atoms with van der Waals surface area (Å²) in [4.78, 5) is 27.5. The first-order valence-corrected chi connectivity index (χ1v) is 13.3. The van der Waals surface area contributed by atoms with Crippen molar-refractivity contribution in [1.29, 1.82) is 0 Å². The van der Waals surface area contributed by atoms with Crippen LogP contribution < -0.4 is 4.74 Å². The van der Waals surface area contributed by atoms with E-state index in [1.165, 1.54) is 4.90 Å². The van der Waals surface area contributed by atoms with Gasteiger partial charge in [0.1, 0.15) is 28.6 Å². The van der Waals surface area contributed by atoms with E-state index in [0.29, 0.717) is 24.2 Å². The Labute approximate surface area is 231 Å². The number of rotatable bonds is 4. The Morgan fingerprint density at radius 1 is 1.05 bits per heavy atom. The number of para-hydroxylation sites is 1. The number of halogens is 1. The van der Waals surface area contributed by atoms with Gasteiger partial charge in [-0.05, 0) is 56.7 Å². The summed E-state index contributed by atoms with van der Waals surface area (Å²) in [6.45, 7) is 5.66. The van der Waals surface area contributed by atoms with Gasteiger partial charge in [-0.2, -0.15) is 0 Å². The lowest BCUT2D eigenvalue weighted by Crippen LogP contribution is -2.50. The Kier molecular flexibility index (Phi) is 6.57. The van der Waals surface area contributed by atoms with Crippen molar-refractivity contribution in [3.05, 3.63) is 79.4 Å². The van der Waals surface area contributed by atoms with Crippen LogP contribution in [0.1, 0.15) is 27.2 Å². The number of ether oxygens (including phenoxy) is 2. The molecule has 0 radical (unpaired) electrons. The lowest BCUT2D eigenvalue weighted by Gasteiger charge is -2.35. The molecule has 1 saturated heterocycles. The van der Waals surface area contributed by atoms with Crippen LogP contribution in [-0.2, 0) is 4.74 Å². The summed E-state index contributed by atoms with van der Waals surface area (Å²) in [6, 6.07) is 17.5. The lowest BCUT2D eigenvalue weighted by atomic mass is 10.1. The fraction of sp³-hybridized carbons (Fsp3) is 0.290. The van der Waals surface area contributed by atoms with Gasteiger partial charge in [-0.15, -0.1) is 0 Å². The number of nitrogens with zero attached hydrogens (tertiary/aromatic N) is 5. The standard InChI is InChI=1S/C31H30FN5O3/c1-31(2,3)40-30(38)36-14-12-26(23(32)19-36)39-27-8-4-6-20-9-10-24(35-29(20)27)25-18-34-28-16-21(11-15-37(25)28)22-7-5-13-33-17-22/h4-11,13,15-18,23,26H,12,14,19H2,1-3H3. The molecule has 204 valence electrons. The van der Waals surface area contributed by atoms with E-state index in [2.05, 4.69) is 9.97 Å². The van der Waals surface area contributed by atoms with Gasteiger partial charge < -0.3 is 14.4 Å². The maximum absolute atomic E-state index is 15.2. The predicted molar refractivity (Wildman–Crippen MR) is 151 cm³/mol. The highest BCUT2D eigenvalue weighted by Gasteiger charge is 2.35. The van der Waals surface area contributed by atoms with Crippen LogP contribution in [0, 0.1) is 0 Å². The van der Waals surface area contributed by atoms with E-state index < -0.39 is 24.0 Å². The Morgan fingerprint density at radius 3 is 2.70 bits per heavy atom. The molecule has 5 heterocycles. The first-order chi connectivity index (χ1) is 19.2. The van der Waals surface area contributed by atoms with Crippen LogP contribution >= 0.6 is 0 Å². The monoisotopic (exact) mass is 539 g/mol. The zero-order chi connectivity index (χ0) is 27.9. The summed E-state index contributed by atoms with van der Waals surface area (Å²) < 4.78 is 28.8. The molecule has 2 unspecified atom stereocenters. The van der Waals surface area contributed by atoms with Gasteiger partial charge in [0.25, 0.3) is 0 Å². The molecular weight excluding hydrogens is 509 g/mol. The molecule has 0 bridgehead atoms. The fourth-order valence-electron chi connectivity index (χ4n) is 4.91. The number of fused-ring (bicyclic) bond motifs is 2. The maximum Gasteiger partial charge on any atom is 0.410 e. The van der Waals surface area contributed by atoms with Crippen molar-refractivity contribution >= 4 is 22.6 Å². The van der Waals surface area contributed by atoms with Gasteiger partial charge >= 0.3 is 6.09 Å². The van der Waals surface area contributed by atoms with E-state index in [9.17, 15) is 4.79 Å². The predicted octanol–water partition coefficient (Wildman–Crippen LogP) is 6.34. The Balaban J connectivity index is 1.25. The summed E-state index contributed by atoms with van der Waals surface area (Å²) in [5.74, 6) is 0.505. The molecule has 2 atom stereocenters. The second-order valence-electron chi connectivity index (χ2n) is 10.9. The van der Waals surface area contributed by atoms with Gasteiger partial charge in [0, 0.05) is 42.5 Å². The summed E-state index contributed by atoms with van der Waals surface area (Å²) in [7, 11) is 0. The van der Waals surface area contributed by atoms with E-state index >= 15 is 4.39 Å². The summed E-state index contributed by atoms with van der Waals surface area (Å²) in [5.41, 5.74) is 4.40. The number of carbonyl (C=O) groups is 1. The number of benzene rings is 1. The quantitative estimate of drug-likeness (QED) is 0.265. The third-order valence-corrected chi connectivity index (χ3v) is 6.87. The average molecular weight is 540 g/mol. The molecule has 4 aromatic heterocycles. The molecule has 5 aromatic rings. The lowest BCUT2D eigenvalue weighted by molar-refractivity contribution is -0.0102. The Morgan fingerprint density at radius 2 is 1.93 bits per heavy atom. The highest BCUT2D eigenvalue weighted by atomic mass is 19.1. The minimum Gasteiger partial charge on any atom is -0.485 e. The van der Waals surface area contributed by atoms with Crippen molar-refractivity contribution in [3.63, 3.8) is 0 Å². The van der Waals surface area contributed by atoms with Gasteiger partial charge in [-0.25, -0.2) is 19.2 Å². The number of hydrogen-bond acceptors (Lipinski definition) is 6. The molecule has 6 rings (SSSR count). The molecule has 1 fully saturated rings. The minimum absolute atomic E-state index is 0.0775. The number of amides is 1. The maximum atomic E-state index is 15.2. The van der Waals surface area contributed by atoms with Crippen LogP contribution in [0.2, 0.25) is 0 Å². The number of carbonyl (C=O) groups excluding carboxylic acids is 1. The molecular formula is C31H30FN5O3. The first-order valence-electron chi connectivity index (χ1n) is 13.3. The molecule has 8 nitrogen and oxygen atoms in total. The number of pyridine rings is 3. The molecule has 0 saturated carbocycles. The normalized spacial score (nSPS) is 17.8. The van der Waals surface area contributed by atoms with Crippen LogP contribution in [0.4, 0.5) is 9.18 Å². The van der Waals surface area contributed by atoms with Crippen LogP contribution in [0.25, 0.3) is 39.1 Å². The number of alkyl halides is 1. The van der Waals surface area contributed by atoms with Gasteiger partial charge in [0.15, 0.2) is 6.17 Å². The van der Waals surface area contributed by atoms with E-state index in [0.717, 1.165) is 33.5 Å². The highest BCUT2D eigenvalue weighted by molar-refractivity contribution is 5.86. The average Bonchev–Trinajstić information content (AvgIpc) is 3.37. The van der Waals surface area contributed by atoms with Crippen molar-refractivity contribution in [1.82, 2.24) is 24.3 Å². The number of likely N-dealkylation sites (tertiary alicyclic amines) is 1. The van der Waals surface area contributed by atoms with Gasteiger partial charge in [-0.3, -0.25) is 9.38 Å². The van der Waals surface area contributed by atoms with Gasteiger partial charge in [0.2, 0.25) is 0 Å². The largest absolute Gasteiger partial charge is 0.485 e. The molecule has 1 aromatic carbocycles. The van der Waals surface area contributed by atoms with Crippen LogP contribution in [0.15, 0.2) is 79.4 Å². The minimum atomic E-state index is -1.35. The van der Waals surface area contributed by atoms with Crippen molar-refractivity contribution in [2.45, 2.75) is 45.1 Å². The smallest absolute Gasteiger partial charge is 0.410 e. The van der Waals surface area contributed by atoms with Crippen LogP contribution in [0.5, 0.6) is 5.75 Å². The SMILES string of the molecule is CC(C)(C)OC(=O)N1CCC(Oc2cccc3ccc(-c4cnc5cc(-c6cccnc6)ccn45)nc23)C(F)C1. The Bertz CT molecular complexity index is 1680. The number of hydrogen-bond donors (Lipinski definition) is 0. The molecule has 0 spiro atoms. The highest BCUT2D eigenvalue weighted by Crippen LogP contribution is 2.31. The molecule has 40 heavy (non-hydrogen) atoms. The summed E-state index contributed by atoms with van der Waals surface area (Å²) in [6.07, 6.45) is 5.13.